The standard InChI is InChI=1S/C14H15BrN2O2S/c1-17(7-6-13(18)19)8-12-9-20-14(16-12)10-2-4-11(15)5-3-10/h2-5,9H,6-8H2,1H3,(H,18,19). The first-order valence-corrected chi connectivity index (χ1v) is 7.82. The molecule has 0 amide bonds. The van der Waals surface area contributed by atoms with Gasteiger partial charge in [-0.2, -0.15) is 0 Å². The minimum absolute atomic E-state index is 0.153. The van der Waals surface area contributed by atoms with E-state index in [1.54, 1.807) is 11.3 Å². The topological polar surface area (TPSA) is 53.4 Å². The third-order valence-corrected chi connectivity index (χ3v) is 4.25. The van der Waals surface area contributed by atoms with Crippen LogP contribution in [-0.2, 0) is 11.3 Å². The molecule has 0 saturated carbocycles. The van der Waals surface area contributed by atoms with Crippen LogP contribution in [0.4, 0.5) is 0 Å². The van der Waals surface area contributed by atoms with Crippen molar-refractivity contribution in [1.29, 1.82) is 0 Å². The van der Waals surface area contributed by atoms with Crippen LogP contribution in [0, 0.1) is 0 Å². The van der Waals surface area contributed by atoms with Crippen LogP contribution >= 0.6 is 27.3 Å². The molecule has 0 fully saturated rings. The Morgan fingerprint density at radius 1 is 1.40 bits per heavy atom. The highest BCUT2D eigenvalue weighted by molar-refractivity contribution is 9.10. The minimum atomic E-state index is -0.773. The fourth-order valence-corrected chi connectivity index (χ4v) is 2.83. The monoisotopic (exact) mass is 354 g/mol. The molecule has 0 saturated heterocycles. The predicted molar refractivity (Wildman–Crippen MR) is 83.8 cm³/mol. The number of halogens is 1. The van der Waals surface area contributed by atoms with Gasteiger partial charge >= 0.3 is 5.97 Å². The molecule has 2 rings (SSSR count). The van der Waals surface area contributed by atoms with Gasteiger partial charge in [-0.25, -0.2) is 4.98 Å². The van der Waals surface area contributed by atoms with Crippen LogP contribution in [0.15, 0.2) is 34.1 Å². The maximum Gasteiger partial charge on any atom is 0.304 e. The van der Waals surface area contributed by atoms with E-state index in [2.05, 4.69) is 20.9 Å². The number of aliphatic carboxylic acids is 1. The maximum absolute atomic E-state index is 10.5. The number of nitrogens with zero attached hydrogens (tertiary/aromatic N) is 2. The molecule has 106 valence electrons. The third-order valence-electron chi connectivity index (χ3n) is 2.78. The number of thiazole rings is 1. The van der Waals surface area contributed by atoms with E-state index in [1.807, 2.05) is 41.6 Å². The molecule has 1 aromatic carbocycles. The molecule has 4 nitrogen and oxygen atoms in total. The van der Waals surface area contributed by atoms with Gasteiger partial charge in [0, 0.05) is 28.5 Å². The van der Waals surface area contributed by atoms with Crippen molar-refractivity contribution in [1.82, 2.24) is 9.88 Å². The van der Waals surface area contributed by atoms with Gasteiger partial charge in [0.05, 0.1) is 12.1 Å². The number of carboxylic acid groups (broad SMARTS) is 1. The SMILES string of the molecule is CN(CCC(=O)O)Cc1csc(-c2ccc(Br)cc2)n1. The molecular formula is C14H15BrN2O2S. The molecule has 0 spiro atoms. The molecule has 0 atom stereocenters. The lowest BCUT2D eigenvalue weighted by Gasteiger charge is -2.13. The van der Waals surface area contributed by atoms with Crippen molar-refractivity contribution in [3.8, 4) is 10.6 Å². The Morgan fingerprint density at radius 2 is 2.10 bits per heavy atom. The summed E-state index contributed by atoms with van der Waals surface area (Å²) in [6.07, 6.45) is 0.153. The first-order chi connectivity index (χ1) is 9.54. The maximum atomic E-state index is 10.5. The molecule has 6 heteroatoms. The second kappa shape index (κ2) is 6.97. The molecule has 0 radical (unpaired) electrons. The zero-order valence-corrected chi connectivity index (χ0v) is 13.4. The number of aromatic nitrogens is 1. The van der Waals surface area contributed by atoms with E-state index < -0.39 is 5.97 Å². The van der Waals surface area contributed by atoms with Crippen LogP contribution < -0.4 is 0 Å². The third kappa shape index (κ3) is 4.40. The van der Waals surface area contributed by atoms with Gasteiger partial charge in [0.15, 0.2) is 0 Å². The second-order valence-electron chi connectivity index (χ2n) is 4.53. The average Bonchev–Trinajstić information content (AvgIpc) is 2.85. The van der Waals surface area contributed by atoms with E-state index in [4.69, 9.17) is 5.11 Å². The minimum Gasteiger partial charge on any atom is -0.481 e. The summed E-state index contributed by atoms with van der Waals surface area (Å²) < 4.78 is 1.05. The highest BCUT2D eigenvalue weighted by Gasteiger charge is 2.08. The fraction of sp³-hybridized carbons (Fsp3) is 0.286. The summed E-state index contributed by atoms with van der Waals surface area (Å²) in [5.41, 5.74) is 2.07. The van der Waals surface area contributed by atoms with Gasteiger partial charge in [-0.15, -0.1) is 11.3 Å². The van der Waals surface area contributed by atoms with Gasteiger partial charge in [0.1, 0.15) is 5.01 Å². The number of benzene rings is 1. The van der Waals surface area contributed by atoms with Gasteiger partial charge in [-0.05, 0) is 19.2 Å². The van der Waals surface area contributed by atoms with Gasteiger partial charge in [-0.3, -0.25) is 9.69 Å². The molecule has 0 unspecified atom stereocenters. The number of rotatable bonds is 6. The van der Waals surface area contributed by atoms with Crippen molar-refractivity contribution in [2.75, 3.05) is 13.6 Å². The van der Waals surface area contributed by atoms with Crippen LogP contribution in [0.3, 0.4) is 0 Å². The molecule has 20 heavy (non-hydrogen) atoms. The zero-order valence-electron chi connectivity index (χ0n) is 11.0. The summed E-state index contributed by atoms with van der Waals surface area (Å²) in [6.45, 7) is 1.20. The largest absolute Gasteiger partial charge is 0.481 e. The summed E-state index contributed by atoms with van der Waals surface area (Å²) in [5.74, 6) is -0.773. The molecule has 1 heterocycles. The smallest absolute Gasteiger partial charge is 0.304 e. The molecule has 0 aliphatic carbocycles. The Balaban J connectivity index is 1.98. The molecule has 0 aliphatic heterocycles. The molecule has 0 bridgehead atoms. The summed E-state index contributed by atoms with van der Waals surface area (Å²) in [4.78, 5) is 17.1. The van der Waals surface area contributed by atoms with Crippen LogP contribution in [0.2, 0.25) is 0 Å². The molecular weight excluding hydrogens is 340 g/mol. The van der Waals surface area contributed by atoms with E-state index in [0.717, 1.165) is 20.7 Å². The van der Waals surface area contributed by atoms with E-state index in [1.165, 1.54) is 0 Å². The summed E-state index contributed by atoms with van der Waals surface area (Å²) in [7, 11) is 1.90. The van der Waals surface area contributed by atoms with Crippen molar-refractivity contribution < 1.29 is 9.90 Å². The van der Waals surface area contributed by atoms with Crippen molar-refractivity contribution in [2.45, 2.75) is 13.0 Å². The van der Waals surface area contributed by atoms with Crippen molar-refractivity contribution in [2.24, 2.45) is 0 Å². The first-order valence-electron chi connectivity index (χ1n) is 6.15. The van der Waals surface area contributed by atoms with E-state index in [9.17, 15) is 4.79 Å². The number of carboxylic acids is 1. The van der Waals surface area contributed by atoms with Crippen LogP contribution in [0.5, 0.6) is 0 Å². The number of hydrogen-bond donors (Lipinski definition) is 1. The van der Waals surface area contributed by atoms with Crippen LogP contribution in [0.1, 0.15) is 12.1 Å². The fourth-order valence-electron chi connectivity index (χ4n) is 1.75. The van der Waals surface area contributed by atoms with E-state index in [-0.39, 0.29) is 6.42 Å². The number of carbonyl (C=O) groups is 1. The summed E-state index contributed by atoms with van der Waals surface area (Å²) >= 11 is 5.02. The zero-order chi connectivity index (χ0) is 14.5. The summed E-state index contributed by atoms with van der Waals surface area (Å²) in [6, 6.07) is 8.05. The molecule has 2 aromatic rings. The first kappa shape index (κ1) is 15.2. The highest BCUT2D eigenvalue weighted by Crippen LogP contribution is 2.25. The van der Waals surface area contributed by atoms with E-state index >= 15 is 0 Å². The lowest BCUT2D eigenvalue weighted by molar-refractivity contribution is -0.137. The Hall–Kier alpha value is -1.24. The Kier molecular flexibility index (Phi) is 5.28. The molecule has 1 aromatic heterocycles. The summed E-state index contributed by atoms with van der Waals surface area (Å²) in [5, 5.41) is 11.7. The highest BCUT2D eigenvalue weighted by atomic mass is 79.9. The van der Waals surface area contributed by atoms with Gasteiger partial charge in [0.25, 0.3) is 0 Å². The van der Waals surface area contributed by atoms with Crippen molar-refractivity contribution in [3.05, 3.63) is 39.8 Å². The van der Waals surface area contributed by atoms with Crippen molar-refractivity contribution >= 4 is 33.2 Å². The number of hydrogen-bond acceptors (Lipinski definition) is 4. The Labute approximate surface area is 130 Å². The van der Waals surface area contributed by atoms with Crippen LogP contribution in [0.25, 0.3) is 10.6 Å². The van der Waals surface area contributed by atoms with Crippen LogP contribution in [-0.4, -0.2) is 34.6 Å². The van der Waals surface area contributed by atoms with Gasteiger partial charge in [-0.1, -0.05) is 28.1 Å². The van der Waals surface area contributed by atoms with Gasteiger partial charge in [0.2, 0.25) is 0 Å². The molecule has 0 aliphatic rings. The Bertz CT molecular complexity index is 583. The van der Waals surface area contributed by atoms with E-state index in [0.29, 0.717) is 13.1 Å². The predicted octanol–water partition coefficient (Wildman–Crippen LogP) is 3.48. The van der Waals surface area contributed by atoms with Crippen molar-refractivity contribution in [3.63, 3.8) is 0 Å². The quantitative estimate of drug-likeness (QED) is 0.862. The lowest BCUT2D eigenvalue weighted by atomic mass is 10.2. The van der Waals surface area contributed by atoms with Gasteiger partial charge < -0.3 is 5.11 Å². The Morgan fingerprint density at radius 3 is 2.75 bits per heavy atom. The average molecular weight is 355 g/mol. The normalized spacial score (nSPS) is 10.9. The second-order valence-corrected chi connectivity index (χ2v) is 6.31. The lowest BCUT2D eigenvalue weighted by Crippen LogP contribution is -2.21. The molecule has 1 N–H and O–H groups in total.